The van der Waals surface area contributed by atoms with Crippen LogP contribution in [0.15, 0.2) is 29.3 Å². The molecule has 0 bridgehead atoms. The minimum Gasteiger partial charge on any atom is -0.506 e. The van der Waals surface area contributed by atoms with Crippen molar-refractivity contribution < 1.29 is 18.3 Å². The third-order valence-electron chi connectivity index (χ3n) is 3.60. The minimum atomic E-state index is -3.42. The summed E-state index contributed by atoms with van der Waals surface area (Å²) in [6.45, 7) is 5.84. The molecule has 2 aromatic rings. The van der Waals surface area contributed by atoms with Crippen molar-refractivity contribution in [3.8, 4) is 5.75 Å². The maximum Gasteiger partial charge on any atom is 0.259 e. The van der Waals surface area contributed by atoms with Gasteiger partial charge in [-0.05, 0) is 32.0 Å². The van der Waals surface area contributed by atoms with Crippen LogP contribution >= 0.6 is 0 Å². The number of sulfone groups is 1. The average Bonchev–Trinajstić information content (AvgIpc) is 2.90. The molecule has 0 atom stereocenters. The number of aryl methyl sites for hydroxylation is 1. The van der Waals surface area contributed by atoms with E-state index in [2.05, 4.69) is 10.4 Å². The Morgan fingerprint density at radius 3 is 2.61 bits per heavy atom. The highest BCUT2D eigenvalue weighted by Gasteiger charge is 2.18. The van der Waals surface area contributed by atoms with Crippen LogP contribution in [0.2, 0.25) is 0 Å². The molecule has 1 amide bonds. The fourth-order valence-corrected chi connectivity index (χ4v) is 3.06. The molecule has 1 heterocycles. The summed E-state index contributed by atoms with van der Waals surface area (Å²) < 4.78 is 25.5. The quantitative estimate of drug-likeness (QED) is 0.812. The van der Waals surface area contributed by atoms with Crippen molar-refractivity contribution in [2.24, 2.45) is 0 Å². The molecule has 0 aliphatic carbocycles. The monoisotopic (exact) mass is 337 g/mol. The van der Waals surface area contributed by atoms with Gasteiger partial charge in [0.1, 0.15) is 5.75 Å². The molecule has 2 rings (SSSR count). The first-order valence-electron chi connectivity index (χ1n) is 7.19. The molecule has 0 saturated carbocycles. The number of rotatable bonds is 5. The number of phenols is 1. The molecule has 0 unspecified atom stereocenters. The molecule has 2 N–H and O–H groups in total. The van der Waals surface area contributed by atoms with E-state index < -0.39 is 15.7 Å². The lowest BCUT2D eigenvalue weighted by Crippen LogP contribution is -2.14. The number of nitrogens with zero attached hydrogens (tertiary/aromatic N) is 2. The van der Waals surface area contributed by atoms with Gasteiger partial charge in [-0.25, -0.2) is 8.42 Å². The fraction of sp³-hybridized carbons (Fsp3) is 0.333. The SMILES string of the molecule is CCn1ncc(C(=O)Nc2cc(S(=O)(=O)CC)ccc2O)c1C. The molecule has 0 radical (unpaired) electrons. The highest BCUT2D eigenvalue weighted by Crippen LogP contribution is 2.27. The summed E-state index contributed by atoms with van der Waals surface area (Å²) in [6, 6.07) is 3.82. The third kappa shape index (κ3) is 3.37. The van der Waals surface area contributed by atoms with Crippen molar-refractivity contribution in [2.75, 3.05) is 11.1 Å². The highest BCUT2D eigenvalue weighted by molar-refractivity contribution is 7.91. The Morgan fingerprint density at radius 1 is 1.35 bits per heavy atom. The van der Waals surface area contributed by atoms with Gasteiger partial charge in [-0.3, -0.25) is 9.48 Å². The Hall–Kier alpha value is -2.35. The molecule has 0 fully saturated rings. The molecule has 1 aromatic heterocycles. The van der Waals surface area contributed by atoms with E-state index in [1.54, 1.807) is 11.6 Å². The van der Waals surface area contributed by atoms with Gasteiger partial charge in [-0.15, -0.1) is 0 Å². The summed E-state index contributed by atoms with van der Waals surface area (Å²) >= 11 is 0. The number of anilines is 1. The van der Waals surface area contributed by atoms with Crippen LogP contribution in [0.4, 0.5) is 5.69 Å². The number of hydrogen-bond acceptors (Lipinski definition) is 5. The molecule has 7 nitrogen and oxygen atoms in total. The van der Waals surface area contributed by atoms with Gasteiger partial charge in [0.25, 0.3) is 5.91 Å². The van der Waals surface area contributed by atoms with Crippen LogP contribution in [0.5, 0.6) is 5.75 Å². The normalized spacial score (nSPS) is 11.4. The maximum absolute atomic E-state index is 12.3. The van der Waals surface area contributed by atoms with Crippen LogP contribution in [0, 0.1) is 6.92 Å². The Balaban J connectivity index is 2.34. The van der Waals surface area contributed by atoms with Crippen molar-refractivity contribution in [2.45, 2.75) is 32.2 Å². The first-order valence-corrected chi connectivity index (χ1v) is 8.85. The summed E-state index contributed by atoms with van der Waals surface area (Å²) in [5.74, 6) is -0.717. The van der Waals surface area contributed by atoms with E-state index in [1.165, 1.54) is 31.3 Å². The lowest BCUT2D eigenvalue weighted by Gasteiger charge is -2.09. The number of carbonyl (C=O) groups is 1. The fourth-order valence-electron chi connectivity index (χ4n) is 2.15. The van der Waals surface area contributed by atoms with Crippen molar-refractivity contribution in [1.29, 1.82) is 0 Å². The molecular formula is C15H19N3O4S. The first-order chi connectivity index (χ1) is 10.8. The second kappa shape index (κ2) is 6.41. The summed E-state index contributed by atoms with van der Waals surface area (Å²) in [5.41, 5.74) is 1.12. The van der Waals surface area contributed by atoms with E-state index in [4.69, 9.17) is 0 Å². The van der Waals surface area contributed by atoms with E-state index in [0.717, 1.165) is 0 Å². The zero-order chi connectivity index (χ0) is 17.2. The van der Waals surface area contributed by atoms with Gasteiger partial charge in [0.05, 0.1) is 28.1 Å². The van der Waals surface area contributed by atoms with Gasteiger partial charge in [-0.2, -0.15) is 5.10 Å². The van der Waals surface area contributed by atoms with Crippen molar-refractivity contribution >= 4 is 21.4 Å². The number of benzene rings is 1. The van der Waals surface area contributed by atoms with Crippen LogP contribution in [0.3, 0.4) is 0 Å². The Kier molecular flexibility index (Phi) is 4.74. The summed E-state index contributed by atoms with van der Waals surface area (Å²) in [6.07, 6.45) is 1.44. The van der Waals surface area contributed by atoms with E-state index >= 15 is 0 Å². The molecule has 0 aliphatic rings. The van der Waals surface area contributed by atoms with E-state index in [-0.39, 0.29) is 22.1 Å². The maximum atomic E-state index is 12.3. The molecule has 0 aliphatic heterocycles. The van der Waals surface area contributed by atoms with Gasteiger partial charge < -0.3 is 10.4 Å². The second-order valence-electron chi connectivity index (χ2n) is 5.00. The van der Waals surface area contributed by atoms with Crippen LogP contribution in [0.25, 0.3) is 0 Å². The molecular weight excluding hydrogens is 318 g/mol. The largest absolute Gasteiger partial charge is 0.506 e. The molecule has 8 heteroatoms. The zero-order valence-electron chi connectivity index (χ0n) is 13.2. The zero-order valence-corrected chi connectivity index (χ0v) is 14.0. The Morgan fingerprint density at radius 2 is 2.04 bits per heavy atom. The Labute approximate surface area is 134 Å². The minimum absolute atomic E-state index is 0.0492. The van der Waals surface area contributed by atoms with Gasteiger partial charge in [-0.1, -0.05) is 6.92 Å². The predicted molar refractivity (Wildman–Crippen MR) is 86.4 cm³/mol. The van der Waals surface area contributed by atoms with Gasteiger partial charge in [0.2, 0.25) is 0 Å². The number of carbonyl (C=O) groups excluding carboxylic acids is 1. The topological polar surface area (TPSA) is 101 Å². The summed E-state index contributed by atoms with van der Waals surface area (Å²) in [5, 5.41) is 16.5. The standard InChI is InChI=1S/C15H19N3O4S/c1-4-18-10(3)12(9-16-18)15(20)17-13-8-11(6-7-14(13)19)23(21,22)5-2/h6-9,19H,4-5H2,1-3H3,(H,17,20). The van der Waals surface area contributed by atoms with Crippen LogP contribution in [-0.4, -0.2) is 35.0 Å². The summed E-state index contributed by atoms with van der Waals surface area (Å²) in [7, 11) is -3.42. The smallest absolute Gasteiger partial charge is 0.259 e. The third-order valence-corrected chi connectivity index (χ3v) is 5.33. The van der Waals surface area contributed by atoms with Crippen molar-refractivity contribution in [1.82, 2.24) is 9.78 Å². The van der Waals surface area contributed by atoms with Crippen LogP contribution in [0.1, 0.15) is 29.9 Å². The molecule has 1 aromatic carbocycles. The van der Waals surface area contributed by atoms with E-state index in [9.17, 15) is 18.3 Å². The number of nitrogens with one attached hydrogen (secondary N) is 1. The second-order valence-corrected chi connectivity index (χ2v) is 7.27. The van der Waals surface area contributed by atoms with Gasteiger partial charge in [0.15, 0.2) is 9.84 Å². The average molecular weight is 337 g/mol. The lowest BCUT2D eigenvalue weighted by atomic mass is 10.2. The summed E-state index contributed by atoms with van der Waals surface area (Å²) in [4.78, 5) is 12.4. The van der Waals surface area contributed by atoms with Crippen molar-refractivity contribution in [3.63, 3.8) is 0 Å². The number of amides is 1. The van der Waals surface area contributed by atoms with E-state index in [0.29, 0.717) is 17.8 Å². The van der Waals surface area contributed by atoms with Crippen LogP contribution < -0.4 is 5.32 Å². The molecule has 23 heavy (non-hydrogen) atoms. The molecule has 0 spiro atoms. The number of aromatic hydroxyl groups is 1. The number of aromatic nitrogens is 2. The van der Waals surface area contributed by atoms with Gasteiger partial charge in [0, 0.05) is 12.2 Å². The molecule has 0 saturated heterocycles. The van der Waals surface area contributed by atoms with Gasteiger partial charge >= 0.3 is 0 Å². The number of hydrogen-bond donors (Lipinski definition) is 2. The predicted octanol–water partition coefficient (Wildman–Crippen LogP) is 1.96. The van der Waals surface area contributed by atoms with E-state index in [1.807, 2.05) is 6.92 Å². The first kappa shape index (κ1) is 17.0. The lowest BCUT2D eigenvalue weighted by molar-refractivity contribution is 0.102. The molecule has 124 valence electrons. The van der Waals surface area contributed by atoms with Crippen molar-refractivity contribution in [3.05, 3.63) is 35.7 Å². The highest BCUT2D eigenvalue weighted by atomic mass is 32.2. The Bertz CT molecular complexity index is 840. The number of phenolic OH excluding ortho intramolecular Hbond substituents is 1. The van der Waals surface area contributed by atoms with Crippen LogP contribution in [-0.2, 0) is 16.4 Å².